The van der Waals surface area contributed by atoms with E-state index in [1.165, 1.54) is 0 Å². The Hall–Kier alpha value is -0.930. The summed E-state index contributed by atoms with van der Waals surface area (Å²) in [7, 11) is 0. The second-order valence-electron chi connectivity index (χ2n) is 3.60. The van der Waals surface area contributed by atoms with Crippen LogP contribution < -0.4 is 5.32 Å². The van der Waals surface area contributed by atoms with Gasteiger partial charge in [-0.1, -0.05) is 23.2 Å². The van der Waals surface area contributed by atoms with Crippen molar-refractivity contribution in [3.63, 3.8) is 0 Å². The van der Waals surface area contributed by atoms with Crippen molar-refractivity contribution in [2.24, 2.45) is 0 Å². The predicted octanol–water partition coefficient (Wildman–Crippen LogP) is 3.66. The first-order chi connectivity index (χ1) is 7.49. The Morgan fingerprint density at radius 3 is 2.75 bits per heavy atom. The molecule has 1 aromatic rings. The van der Waals surface area contributed by atoms with Gasteiger partial charge in [0.2, 0.25) is 0 Å². The van der Waals surface area contributed by atoms with Gasteiger partial charge in [-0.05, 0) is 31.5 Å². The van der Waals surface area contributed by atoms with Crippen LogP contribution in [-0.2, 0) is 4.79 Å². The summed E-state index contributed by atoms with van der Waals surface area (Å²) < 4.78 is 0. The van der Waals surface area contributed by atoms with Crippen molar-refractivity contribution in [3.05, 3.63) is 28.2 Å². The summed E-state index contributed by atoms with van der Waals surface area (Å²) in [6.07, 6.45) is 0.688. The van der Waals surface area contributed by atoms with Gasteiger partial charge in [-0.3, -0.25) is 4.79 Å². The minimum Gasteiger partial charge on any atom is -0.481 e. The van der Waals surface area contributed by atoms with Gasteiger partial charge >= 0.3 is 5.97 Å². The van der Waals surface area contributed by atoms with E-state index in [2.05, 4.69) is 5.32 Å². The van der Waals surface area contributed by atoms with Crippen LogP contribution in [0.1, 0.15) is 19.8 Å². The average Bonchev–Trinajstić information content (AvgIpc) is 2.19. The van der Waals surface area contributed by atoms with Gasteiger partial charge in [0.1, 0.15) is 0 Å². The summed E-state index contributed by atoms with van der Waals surface area (Å²) >= 11 is 11.7. The molecule has 0 bridgehead atoms. The predicted molar refractivity (Wildman–Crippen MR) is 66.4 cm³/mol. The molecule has 1 rings (SSSR count). The van der Waals surface area contributed by atoms with E-state index in [1.54, 1.807) is 18.2 Å². The Bertz CT molecular complexity index is 382. The van der Waals surface area contributed by atoms with Crippen LogP contribution in [0.4, 0.5) is 5.69 Å². The standard InChI is InChI=1S/C11H13Cl2NO2/c1-7(2-5-11(15)16)14-10-4-3-8(12)6-9(10)13/h3-4,6-7,14H,2,5H2,1H3,(H,15,16). The van der Waals surface area contributed by atoms with E-state index >= 15 is 0 Å². The number of nitrogens with one attached hydrogen (secondary N) is 1. The second kappa shape index (κ2) is 5.97. The van der Waals surface area contributed by atoms with Crippen LogP contribution in [0, 0.1) is 0 Å². The summed E-state index contributed by atoms with van der Waals surface area (Å²) in [6.45, 7) is 1.91. The summed E-state index contributed by atoms with van der Waals surface area (Å²) in [5.74, 6) is -0.796. The number of anilines is 1. The molecule has 0 aromatic heterocycles. The molecule has 0 aliphatic carbocycles. The van der Waals surface area contributed by atoms with Crippen molar-refractivity contribution >= 4 is 34.9 Å². The highest BCUT2D eigenvalue weighted by Crippen LogP contribution is 2.26. The normalized spacial score (nSPS) is 12.2. The number of rotatable bonds is 5. The summed E-state index contributed by atoms with van der Waals surface area (Å²) in [4.78, 5) is 10.4. The largest absolute Gasteiger partial charge is 0.481 e. The van der Waals surface area contributed by atoms with Gasteiger partial charge in [-0.25, -0.2) is 0 Å². The zero-order chi connectivity index (χ0) is 12.1. The molecule has 0 heterocycles. The van der Waals surface area contributed by atoms with Gasteiger partial charge in [-0.2, -0.15) is 0 Å². The lowest BCUT2D eigenvalue weighted by Crippen LogP contribution is -2.16. The van der Waals surface area contributed by atoms with Crippen LogP contribution in [0.25, 0.3) is 0 Å². The minimum atomic E-state index is -0.796. The van der Waals surface area contributed by atoms with Crippen molar-refractivity contribution in [1.29, 1.82) is 0 Å². The van der Waals surface area contributed by atoms with Crippen LogP contribution in [0.3, 0.4) is 0 Å². The number of hydrogen-bond donors (Lipinski definition) is 2. The molecule has 0 aliphatic heterocycles. The molecule has 2 N–H and O–H groups in total. The highest BCUT2D eigenvalue weighted by molar-refractivity contribution is 6.36. The zero-order valence-electron chi connectivity index (χ0n) is 8.84. The van der Waals surface area contributed by atoms with Crippen molar-refractivity contribution < 1.29 is 9.90 Å². The van der Waals surface area contributed by atoms with E-state index in [-0.39, 0.29) is 12.5 Å². The third-order valence-corrected chi connectivity index (χ3v) is 2.67. The number of halogens is 2. The number of benzene rings is 1. The fourth-order valence-corrected chi connectivity index (χ4v) is 1.75. The molecule has 0 radical (unpaired) electrons. The maximum absolute atomic E-state index is 10.4. The molecule has 3 nitrogen and oxygen atoms in total. The molecule has 1 unspecified atom stereocenters. The molecule has 0 saturated heterocycles. The zero-order valence-corrected chi connectivity index (χ0v) is 10.3. The number of carboxylic acid groups (broad SMARTS) is 1. The number of hydrogen-bond acceptors (Lipinski definition) is 2. The Morgan fingerprint density at radius 1 is 1.50 bits per heavy atom. The van der Waals surface area contributed by atoms with Crippen LogP contribution in [0.2, 0.25) is 10.0 Å². The second-order valence-corrected chi connectivity index (χ2v) is 4.45. The topological polar surface area (TPSA) is 49.3 Å². The Balaban J connectivity index is 2.55. The van der Waals surface area contributed by atoms with Crippen LogP contribution in [-0.4, -0.2) is 17.1 Å². The SMILES string of the molecule is CC(CCC(=O)O)Nc1ccc(Cl)cc1Cl. The van der Waals surface area contributed by atoms with Crippen molar-refractivity contribution in [2.75, 3.05) is 5.32 Å². The van der Waals surface area contributed by atoms with Gasteiger partial charge in [0.25, 0.3) is 0 Å². The first-order valence-corrected chi connectivity index (χ1v) is 5.68. The fraction of sp³-hybridized carbons (Fsp3) is 0.364. The maximum atomic E-state index is 10.4. The quantitative estimate of drug-likeness (QED) is 0.851. The Kier molecular flexibility index (Phi) is 4.90. The van der Waals surface area contributed by atoms with Gasteiger partial charge in [0, 0.05) is 17.5 Å². The Labute approximate surface area is 104 Å². The molecule has 16 heavy (non-hydrogen) atoms. The van der Waals surface area contributed by atoms with E-state index in [1.807, 2.05) is 6.92 Å². The highest BCUT2D eigenvalue weighted by atomic mass is 35.5. The molecule has 5 heteroatoms. The summed E-state index contributed by atoms with van der Waals surface area (Å²) in [6, 6.07) is 5.21. The van der Waals surface area contributed by atoms with E-state index < -0.39 is 5.97 Å². The maximum Gasteiger partial charge on any atom is 0.303 e. The summed E-state index contributed by atoms with van der Waals surface area (Å²) in [5.41, 5.74) is 0.768. The van der Waals surface area contributed by atoms with Crippen molar-refractivity contribution in [3.8, 4) is 0 Å². The van der Waals surface area contributed by atoms with Crippen molar-refractivity contribution in [1.82, 2.24) is 0 Å². The van der Waals surface area contributed by atoms with Gasteiger partial charge in [0.05, 0.1) is 10.7 Å². The third-order valence-electron chi connectivity index (χ3n) is 2.12. The molecule has 88 valence electrons. The molecular weight excluding hydrogens is 249 g/mol. The van der Waals surface area contributed by atoms with Crippen molar-refractivity contribution in [2.45, 2.75) is 25.8 Å². The fourth-order valence-electron chi connectivity index (χ4n) is 1.28. The molecule has 0 amide bonds. The van der Waals surface area contributed by atoms with Gasteiger partial charge < -0.3 is 10.4 Å². The van der Waals surface area contributed by atoms with Crippen LogP contribution in [0.5, 0.6) is 0 Å². The van der Waals surface area contributed by atoms with E-state index in [0.29, 0.717) is 16.5 Å². The lowest BCUT2D eigenvalue weighted by molar-refractivity contribution is -0.137. The smallest absolute Gasteiger partial charge is 0.303 e. The molecular formula is C11H13Cl2NO2. The highest BCUT2D eigenvalue weighted by Gasteiger charge is 2.07. The van der Waals surface area contributed by atoms with Crippen LogP contribution >= 0.6 is 23.2 Å². The Morgan fingerprint density at radius 2 is 2.19 bits per heavy atom. The average molecular weight is 262 g/mol. The first kappa shape index (κ1) is 13.1. The first-order valence-electron chi connectivity index (χ1n) is 4.92. The monoisotopic (exact) mass is 261 g/mol. The van der Waals surface area contributed by atoms with Gasteiger partial charge in [0.15, 0.2) is 0 Å². The molecule has 0 fully saturated rings. The lowest BCUT2D eigenvalue weighted by atomic mass is 10.1. The van der Waals surface area contributed by atoms with E-state index in [9.17, 15) is 4.79 Å². The molecule has 0 spiro atoms. The molecule has 1 aromatic carbocycles. The molecule has 0 saturated carbocycles. The molecule has 0 aliphatic rings. The van der Waals surface area contributed by atoms with Crippen LogP contribution in [0.15, 0.2) is 18.2 Å². The van der Waals surface area contributed by atoms with Gasteiger partial charge in [-0.15, -0.1) is 0 Å². The van der Waals surface area contributed by atoms with E-state index in [0.717, 1.165) is 5.69 Å². The number of carboxylic acids is 1. The summed E-state index contributed by atoms with van der Waals surface area (Å²) in [5, 5.41) is 12.8. The lowest BCUT2D eigenvalue weighted by Gasteiger charge is -2.15. The van der Waals surface area contributed by atoms with E-state index in [4.69, 9.17) is 28.3 Å². The minimum absolute atomic E-state index is 0.0507. The number of carbonyl (C=O) groups is 1. The number of aliphatic carboxylic acids is 1. The molecule has 1 atom stereocenters. The third kappa shape index (κ3) is 4.29.